The molecular formula is C15H22BrNO2. The first-order valence-electron chi connectivity index (χ1n) is 6.87. The molecule has 19 heavy (non-hydrogen) atoms. The molecule has 0 aliphatic carbocycles. The number of benzene rings is 1. The molecule has 0 radical (unpaired) electrons. The Morgan fingerprint density at radius 1 is 1.32 bits per heavy atom. The van der Waals surface area contributed by atoms with Gasteiger partial charge in [0.1, 0.15) is 0 Å². The van der Waals surface area contributed by atoms with Crippen LogP contribution >= 0.6 is 15.9 Å². The minimum atomic E-state index is -0.900. The summed E-state index contributed by atoms with van der Waals surface area (Å²) in [6.07, 6.45) is 5.83. The molecule has 106 valence electrons. The van der Waals surface area contributed by atoms with Crippen molar-refractivity contribution in [3.63, 3.8) is 0 Å². The highest BCUT2D eigenvalue weighted by atomic mass is 79.9. The molecule has 0 saturated heterocycles. The predicted molar refractivity (Wildman–Crippen MR) is 82.9 cm³/mol. The molecule has 1 aromatic rings. The third kappa shape index (κ3) is 5.23. The number of aromatic carboxylic acids is 1. The average Bonchev–Trinajstić information content (AvgIpc) is 2.38. The van der Waals surface area contributed by atoms with Crippen molar-refractivity contribution in [1.82, 2.24) is 0 Å². The lowest BCUT2D eigenvalue weighted by molar-refractivity contribution is 0.0697. The number of nitrogens with one attached hydrogen (secondary N) is 1. The fourth-order valence-electron chi connectivity index (χ4n) is 2.07. The maximum atomic E-state index is 10.9. The zero-order valence-electron chi connectivity index (χ0n) is 11.6. The summed E-state index contributed by atoms with van der Waals surface area (Å²) >= 11 is 3.44. The summed E-state index contributed by atoms with van der Waals surface area (Å²) in [5, 5.41) is 12.5. The summed E-state index contributed by atoms with van der Waals surface area (Å²) in [6.45, 7) is 4.38. The fraction of sp³-hybridized carbons (Fsp3) is 0.533. The summed E-state index contributed by atoms with van der Waals surface area (Å²) in [5.41, 5.74) is 1.28. The fourth-order valence-corrected chi connectivity index (χ4v) is 2.57. The van der Waals surface area contributed by atoms with Gasteiger partial charge in [-0.2, -0.15) is 0 Å². The average molecular weight is 328 g/mol. The third-order valence-electron chi connectivity index (χ3n) is 3.12. The van der Waals surface area contributed by atoms with Crippen LogP contribution in [0.25, 0.3) is 0 Å². The predicted octanol–water partition coefficient (Wildman–Crippen LogP) is 4.92. The Morgan fingerprint density at radius 2 is 2.05 bits per heavy atom. The highest BCUT2D eigenvalue weighted by Crippen LogP contribution is 2.26. The molecule has 1 atom stereocenters. The Hall–Kier alpha value is -1.03. The molecule has 1 rings (SSSR count). The molecule has 0 saturated carbocycles. The van der Waals surface area contributed by atoms with E-state index in [1.165, 1.54) is 12.8 Å². The number of carboxylic acid groups (broad SMARTS) is 1. The third-order valence-corrected chi connectivity index (χ3v) is 3.78. The van der Waals surface area contributed by atoms with E-state index in [1.807, 2.05) is 6.07 Å². The molecule has 0 amide bonds. The van der Waals surface area contributed by atoms with Gasteiger partial charge in [0.15, 0.2) is 0 Å². The SMILES string of the molecule is CCCCC(CCC)Nc1ccc(C(=O)O)cc1Br. The number of rotatable bonds is 8. The minimum Gasteiger partial charge on any atom is -0.478 e. The monoisotopic (exact) mass is 327 g/mol. The van der Waals surface area contributed by atoms with Gasteiger partial charge < -0.3 is 10.4 Å². The molecule has 0 fully saturated rings. The van der Waals surface area contributed by atoms with Crippen molar-refractivity contribution in [2.45, 2.75) is 52.0 Å². The van der Waals surface area contributed by atoms with E-state index >= 15 is 0 Å². The quantitative estimate of drug-likeness (QED) is 0.712. The summed E-state index contributed by atoms with van der Waals surface area (Å²) in [6, 6.07) is 5.57. The van der Waals surface area contributed by atoms with Gasteiger partial charge in [-0.05, 0) is 47.0 Å². The molecule has 4 heteroatoms. The van der Waals surface area contributed by atoms with Gasteiger partial charge >= 0.3 is 5.97 Å². The van der Waals surface area contributed by atoms with Crippen molar-refractivity contribution < 1.29 is 9.90 Å². The van der Waals surface area contributed by atoms with E-state index in [-0.39, 0.29) is 0 Å². The molecule has 1 unspecified atom stereocenters. The van der Waals surface area contributed by atoms with Crippen LogP contribution in [0.1, 0.15) is 56.3 Å². The second-order valence-electron chi connectivity index (χ2n) is 4.77. The number of carboxylic acids is 1. The number of anilines is 1. The van der Waals surface area contributed by atoms with Gasteiger partial charge in [0, 0.05) is 16.2 Å². The lowest BCUT2D eigenvalue weighted by atomic mass is 10.0. The van der Waals surface area contributed by atoms with Crippen LogP contribution in [0.4, 0.5) is 5.69 Å². The second-order valence-corrected chi connectivity index (χ2v) is 5.63. The van der Waals surface area contributed by atoms with Gasteiger partial charge in [-0.3, -0.25) is 0 Å². The standard InChI is InChI=1S/C15H22BrNO2/c1-3-5-7-12(6-4-2)17-14-9-8-11(15(18)19)10-13(14)16/h8-10,12,17H,3-7H2,1-2H3,(H,18,19). The largest absolute Gasteiger partial charge is 0.478 e. The highest BCUT2D eigenvalue weighted by molar-refractivity contribution is 9.10. The minimum absolute atomic E-state index is 0.304. The zero-order valence-corrected chi connectivity index (χ0v) is 13.2. The molecule has 0 aliphatic rings. The molecule has 0 spiro atoms. The van der Waals surface area contributed by atoms with Gasteiger partial charge in [-0.25, -0.2) is 4.79 Å². The van der Waals surface area contributed by atoms with Crippen LogP contribution < -0.4 is 5.32 Å². The smallest absolute Gasteiger partial charge is 0.335 e. The summed E-state index contributed by atoms with van der Waals surface area (Å²) in [7, 11) is 0. The Bertz CT molecular complexity index is 421. The Labute approximate surface area is 123 Å². The van der Waals surface area contributed by atoms with Crippen molar-refractivity contribution in [1.29, 1.82) is 0 Å². The molecule has 0 bridgehead atoms. The van der Waals surface area contributed by atoms with Crippen LogP contribution in [-0.4, -0.2) is 17.1 Å². The van der Waals surface area contributed by atoms with Gasteiger partial charge in [0.25, 0.3) is 0 Å². The van der Waals surface area contributed by atoms with Gasteiger partial charge in [-0.1, -0.05) is 33.1 Å². The number of halogens is 1. The van der Waals surface area contributed by atoms with E-state index in [0.717, 1.165) is 29.4 Å². The van der Waals surface area contributed by atoms with Crippen LogP contribution in [0.15, 0.2) is 22.7 Å². The van der Waals surface area contributed by atoms with Crippen LogP contribution in [0.5, 0.6) is 0 Å². The normalized spacial score (nSPS) is 12.2. The Morgan fingerprint density at radius 3 is 2.58 bits per heavy atom. The molecule has 0 aliphatic heterocycles. The van der Waals surface area contributed by atoms with Gasteiger partial charge in [0.05, 0.1) is 5.56 Å². The molecule has 0 aromatic heterocycles. The maximum absolute atomic E-state index is 10.9. The van der Waals surface area contributed by atoms with E-state index in [9.17, 15) is 4.79 Å². The van der Waals surface area contributed by atoms with E-state index in [1.54, 1.807) is 12.1 Å². The van der Waals surface area contributed by atoms with Crippen molar-refractivity contribution >= 4 is 27.6 Å². The van der Waals surface area contributed by atoms with Crippen molar-refractivity contribution in [2.75, 3.05) is 5.32 Å². The summed E-state index contributed by atoms with van der Waals surface area (Å²) in [5.74, 6) is -0.900. The van der Waals surface area contributed by atoms with Crippen molar-refractivity contribution in [3.8, 4) is 0 Å². The first kappa shape index (κ1) is 16.0. The van der Waals surface area contributed by atoms with Crippen LogP contribution in [0.3, 0.4) is 0 Å². The van der Waals surface area contributed by atoms with Gasteiger partial charge in [0.2, 0.25) is 0 Å². The van der Waals surface area contributed by atoms with E-state index in [2.05, 4.69) is 35.1 Å². The van der Waals surface area contributed by atoms with Gasteiger partial charge in [-0.15, -0.1) is 0 Å². The molecule has 3 nitrogen and oxygen atoms in total. The first-order valence-corrected chi connectivity index (χ1v) is 7.67. The second kappa shape index (κ2) is 8.20. The lowest BCUT2D eigenvalue weighted by Gasteiger charge is -2.20. The van der Waals surface area contributed by atoms with Crippen molar-refractivity contribution in [2.24, 2.45) is 0 Å². The van der Waals surface area contributed by atoms with E-state index in [4.69, 9.17) is 5.11 Å². The lowest BCUT2D eigenvalue weighted by Crippen LogP contribution is -2.19. The number of hydrogen-bond acceptors (Lipinski definition) is 2. The first-order chi connectivity index (χ1) is 9.08. The Kier molecular flexibility index (Phi) is 6.92. The van der Waals surface area contributed by atoms with E-state index in [0.29, 0.717) is 11.6 Å². The topological polar surface area (TPSA) is 49.3 Å². The summed E-state index contributed by atoms with van der Waals surface area (Å²) < 4.78 is 0.810. The van der Waals surface area contributed by atoms with Crippen LogP contribution in [0, 0.1) is 0 Å². The number of carbonyl (C=O) groups is 1. The van der Waals surface area contributed by atoms with Crippen molar-refractivity contribution in [3.05, 3.63) is 28.2 Å². The van der Waals surface area contributed by atoms with Crippen LogP contribution in [0.2, 0.25) is 0 Å². The molecule has 2 N–H and O–H groups in total. The van der Waals surface area contributed by atoms with E-state index < -0.39 is 5.97 Å². The van der Waals surface area contributed by atoms with Crippen LogP contribution in [-0.2, 0) is 0 Å². The zero-order chi connectivity index (χ0) is 14.3. The molecular weight excluding hydrogens is 306 g/mol. The molecule has 0 heterocycles. The Balaban J connectivity index is 2.75. The maximum Gasteiger partial charge on any atom is 0.335 e. The number of unbranched alkanes of at least 4 members (excludes halogenated alkanes) is 1. The molecule has 1 aromatic carbocycles. The summed E-state index contributed by atoms with van der Waals surface area (Å²) in [4.78, 5) is 10.9. The highest BCUT2D eigenvalue weighted by Gasteiger charge is 2.11. The number of hydrogen-bond donors (Lipinski definition) is 2.